The molecule has 0 aliphatic heterocycles. The van der Waals surface area contributed by atoms with Crippen molar-refractivity contribution in [2.75, 3.05) is 5.32 Å². The largest absolute Gasteiger partial charge is 0.342 e. The van der Waals surface area contributed by atoms with E-state index in [0.717, 1.165) is 30.5 Å². The number of pyridine rings is 2. The Bertz CT molecular complexity index is 1230. The van der Waals surface area contributed by atoms with Gasteiger partial charge in [0.2, 0.25) is 0 Å². The fourth-order valence-electron chi connectivity index (χ4n) is 4.37. The highest BCUT2D eigenvalue weighted by atomic mass is 19.1. The minimum Gasteiger partial charge on any atom is -0.342 e. The molecule has 4 aromatic heterocycles. The zero-order valence-corrected chi connectivity index (χ0v) is 17.1. The quantitative estimate of drug-likeness (QED) is 0.467. The standard InChI is InChI=1S/C23H25FN6/c1-3-11-30-23-17(22(28-30)26-15(2)16-8-4-5-9-16)13-19(24)21(27-23)18-14-25-29-12-7-6-10-20(18)29/h6-7,10,12-14,16H,2-5,8-9,11H2,1H3,(H,26,28). The molecule has 4 heterocycles. The van der Waals surface area contributed by atoms with E-state index in [-0.39, 0.29) is 5.82 Å². The Morgan fingerprint density at radius 1 is 1.30 bits per heavy atom. The Hall–Kier alpha value is -3.22. The summed E-state index contributed by atoms with van der Waals surface area (Å²) in [6.07, 6.45) is 9.16. The first kappa shape index (κ1) is 18.8. The second-order valence-electron chi connectivity index (χ2n) is 7.98. The number of hydrogen-bond donors (Lipinski definition) is 1. The van der Waals surface area contributed by atoms with Crippen LogP contribution in [-0.2, 0) is 6.54 Å². The predicted octanol–water partition coefficient (Wildman–Crippen LogP) is 5.41. The average molecular weight is 404 g/mol. The van der Waals surface area contributed by atoms with E-state index in [2.05, 4.69) is 23.9 Å². The lowest BCUT2D eigenvalue weighted by Gasteiger charge is -2.14. The summed E-state index contributed by atoms with van der Waals surface area (Å²) in [6.45, 7) is 7.02. The number of fused-ring (bicyclic) bond motifs is 2. The van der Waals surface area contributed by atoms with Gasteiger partial charge in [0.15, 0.2) is 17.3 Å². The van der Waals surface area contributed by atoms with E-state index in [1.165, 1.54) is 18.9 Å². The van der Waals surface area contributed by atoms with Crippen molar-refractivity contribution in [1.29, 1.82) is 0 Å². The Labute approximate surface area is 174 Å². The van der Waals surface area contributed by atoms with E-state index < -0.39 is 0 Å². The van der Waals surface area contributed by atoms with Crippen molar-refractivity contribution in [2.45, 2.75) is 45.6 Å². The van der Waals surface area contributed by atoms with Crippen LogP contribution in [0.1, 0.15) is 39.0 Å². The van der Waals surface area contributed by atoms with Crippen LogP contribution in [0.15, 0.2) is 48.9 Å². The molecule has 0 radical (unpaired) electrons. The molecule has 0 bridgehead atoms. The zero-order valence-electron chi connectivity index (χ0n) is 17.1. The lowest BCUT2D eigenvalue weighted by Crippen LogP contribution is -2.08. The number of rotatable bonds is 6. The normalized spacial score (nSPS) is 14.7. The number of aromatic nitrogens is 5. The monoisotopic (exact) mass is 404 g/mol. The third-order valence-corrected chi connectivity index (χ3v) is 5.92. The smallest absolute Gasteiger partial charge is 0.161 e. The second-order valence-corrected chi connectivity index (χ2v) is 7.98. The molecular weight excluding hydrogens is 379 g/mol. The molecule has 7 heteroatoms. The minimum atomic E-state index is -0.383. The van der Waals surface area contributed by atoms with Gasteiger partial charge in [-0.15, -0.1) is 0 Å². The number of nitrogens with one attached hydrogen (secondary N) is 1. The summed E-state index contributed by atoms with van der Waals surface area (Å²) in [5, 5.41) is 13.1. The Morgan fingerprint density at radius 2 is 2.13 bits per heavy atom. The summed E-state index contributed by atoms with van der Waals surface area (Å²) in [4.78, 5) is 4.71. The van der Waals surface area contributed by atoms with Crippen LogP contribution in [0.4, 0.5) is 10.2 Å². The topological polar surface area (TPSA) is 60.0 Å². The Morgan fingerprint density at radius 3 is 2.93 bits per heavy atom. The van der Waals surface area contributed by atoms with E-state index in [0.29, 0.717) is 40.6 Å². The van der Waals surface area contributed by atoms with Gasteiger partial charge >= 0.3 is 0 Å². The number of anilines is 1. The van der Waals surface area contributed by atoms with Gasteiger partial charge in [-0.25, -0.2) is 18.6 Å². The molecule has 0 saturated heterocycles. The van der Waals surface area contributed by atoms with Gasteiger partial charge < -0.3 is 5.32 Å². The van der Waals surface area contributed by atoms with Gasteiger partial charge in [0.1, 0.15) is 5.69 Å². The van der Waals surface area contributed by atoms with Crippen LogP contribution < -0.4 is 5.32 Å². The van der Waals surface area contributed by atoms with Crippen molar-refractivity contribution >= 4 is 22.4 Å². The molecule has 0 unspecified atom stereocenters. The first-order valence-corrected chi connectivity index (χ1v) is 10.6. The van der Waals surface area contributed by atoms with Crippen molar-refractivity contribution < 1.29 is 4.39 Å². The molecule has 0 aromatic carbocycles. The summed E-state index contributed by atoms with van der Waals surface area (Å²) >= 11 is 0. The number of nitrogens with zero attached hydrogens (tertiary/aromatic N) is 5. The number of aryl methyl sites for hydroxylation is 1. The van der Waals surface area contributed by atoms with E-state index in [1.54, 1.807) is 10.7 Å². The summed E-state index contributed by atoms with van der Waals surface area (Å²) in [5.41, 5.74) is 3.41. The molecule has 1 saturated carbocycles. The SMILES string of the molecule is C=C(Nc1nn(CCC)c2nc(-c3cnn4ccccc34)c(F)cc12)C1CCCC1. The zero-order chi connectivity index (χ0) is 20.7. The maximum absolute atomic E-state index is 15.2. The van der Waals surface area contributed by atoms with Gasteiger partial charge in [0, 0.05) is 24.0 Å². The summed E-state index contributed by atoms with van der Waals surface area (Å²) < 4.78 is 18.8. The van der Waals surface area contributed by atoms with Crippen LogP contribution in [-0.4, -0.2) is 24.4 Å². The molecule has 1 aliphatic rings. The summed E-state index contributed by atoms with van der Waals surface area (Å²) in [5.74, 6) is 0.701. The first-order chi connectivity index (χ1) is 14.7. The van der Waals surface area contributed by atoms with Crippen LogP contribution >= 0.6 is 0 Å². The van der Waals surface area contributed by atoms with Gasteiger partial charge in [-0.1, -0.05) is 32.4 Å². The highest BCUT2D eigenvalue weighted by Crippen LogP contribution is 2.34. The molecule has 4 aromatic rings. The molecule has 0 amide bonds. The first-order valence-electron chi connectivity index (χ1n) is 10.6. The van der Waals surface area contributed by atoms with Crippen molar-refractivity contribution in [3.05, 3.63) is 54.8 Å². The van der Waals surface area contributed by atoms with Gasteiger partial charge in [-0.05, 0) is 43.4 Å². The Balaban J connectivity index is 1.61. The van der Waals surface area contributed by atoms with E-state index in [1.807, 2.05) is 29.1 Å². The Kier molecular flexibility index (Phi) is 4.73. The van der Waals surface area contributed by atoms with Crippen LogP contribution in [0, 0.1) is 11.7 Å². The van der Waals surface area contributed by atoms with Gasteiger partial charge in [-0.2, -0.15) is 10.2 Å². The lowest BCUT2D eigenvalue weighted by molar-refractivity contribution is 0.611. The molecule has 0 atom stereocenters. The van der Waals surface area contributed by atoms with Crippen LogP contribution in [0.5, 0.6) is 0 Å². The molecule has 30 heavy (non-hydrogen) atoms. The maximum Gasteiger partial charge on any atom is 0.161 e. The molecule has 5 rings (SSSR count). The minimum absolute atomic E-state index is 0.294. The van der Waals surface area contributed by atoms with Crippen LogP contribution in [0.3, 0.4) is 0 Å². The predicted molar refractivity (Wildman–Crippen MR) is 117 cm³/mol. The number of allylic oxidation sites excluding steroid dienone is 1. The van der Waals surface area contributed by atoms with Crippen molar-refractivity contribution in [1.82, 2.24) is 24.4 Å². The van der Waals surface area contributed by atoms with E-state index in [9.17, 15) is 0 Å². The molecule has 0 spiro atoms. The second kappa shape index (κ2) is 7.55. The van der Waals surface area contributed by atoms with Gasteiger partial charge in [-0.3, -0.25) is 0 Å². The number of hydrogen-bond acceptors (Lipinski definition) is 4. The van der Waals surface area contributed by atoms with Crippen LogP contribution in [0.2, 0.25) is 0 Å². The molecule has 1 aliphatic carbocycles. The average Bonchev–Trinajstić information content (AvgIpc) is 3.48. The fraction of sp³-hybridized carbons (Fsp3) is 0.348. The van der Waals surface area contributed by atoms with Gasteiger partial charge in [0.05, 0.1) is 17.1 Å². The lowest BCUT2D eigenvalue weighted by atomic mass is 10.1. The van der Waals surface area contributed by atoms with Gasteiger partial charge in [0.25, 0.3) is 0 Å². The molecular formula is C23H25FN6. The molecule has 1 fully saturated rings. The third-order valence-electron chi connectivity index (χ3n) is 5.92. The maximum atomic E-state index is 15.2. The highest BCUT2D eigenvalue weighted by molar-refractivity contribution is 5.91. The van der Waals surface area contributed by atoms with E-state index in [4.69, 9.17) is 10.1 Å². The van der Waals surface area contributed by atoms with Crippen LogP contribution in [0.25, 0.3) is 27.8 Å². The van der Waals surface area contributed by atoms with Crippen molar-refractivity contribution in [2.24, 2.45) is 5.92 Å². The highest BCUT2D eigenvalue weighted by Gasteiger charge is 2.22. The third kappa shape index (κ3) is 3.14. The van der Waals surface area contributed by atoms with E-state index >= 15 is 4.39 Å². The summed E-state index contributed by atoms with van der Waals surface area (Å²) in [7, 11) is 0. The number of halogens is 1. The van der Waals surface area contributed by atoms with Crippen molar-refractivity contribution in [3.63, 3.8) is 0 Å². The molecule has 6 nitrogen and oxygen atoms in total. The molecule has 154 valence electrons. The summed E-state index contributed by atoms with van der Waals surface area (Å²) in [6, 6.07) is 7.25. The molecule has 1 N–H and O–H groups in total. The van der Waals surface area contributed by atoms with Crippen molar-refractivity contribution in [3.8, 4) is 11.3 Å². The fourth-order valence-corrected chi connectivity index (χ4v) is 4.37.